The minimum absolute atomic E-state index is 0.0169. The van der Waals surface area contributed by atoms with Crippen LogP contribution in [0.2, 0.25) is 18.1 Å². The van der Waals surface area contributed by atoms with Crippen LogP contribution in [0.15, 0.2) is 91.0 Å². The molecular formula is C34H44O5Si. The van der Waals surface area contributed by atoms with Crippen LogP contribution in [0.1, 0.15) is 37.5 Å². The molecule has 0 aromatic heterocycles. The summed E-state index contributed by atoms with van der Waals surface area (Å²) in [4.78, 5) is 0. The Kier molecular flexibility index (Phi) is 9.25. The van der Waals surface area contributed by atoms with Crippen molar-refractivity contribution in [3.8, 4) is 0 Å². The van der Waals surface area contributed by atoms with E-state index in [-0.39, 0.29) is 41.5 Å². The topological polar surface area (TPSA) is 49.5 Å². The van der Waals surface area contributed by atoms with Gasteiger partial charge in [0.15, 0.2) is 8.32 Å². The molecule has 0 amide bonds. The van der Waals surface area contributed by atoms with Crippen LogP contribution in [-0.2, 0) is 43.2 Å². The number of fused-ring (bicyclic) bond motifs is 1. The van der Waals surface area contributed by atoms with Gasteiger partial charge < -0.3 is 23.4 Å². The van der Waals surface area contributed by atoms with Gasteiger partial charge in [0.05, 0.1) is 38.6 Å². The summed E-state index contributed by atoms with van der Waals surface area (Å²) in [6.07, 6.45) is -0.703. The molecule has 0 spiro atoms. The van der Waals surface area contributed by atoms with Gasteiger partial charge in [-0.2, -0.15) is 0 Å². The molecule has 3 aromatic rings. The first-order chi connectivity index (χ1) is 19.2. The third-order valence-corrected chi connectivity index (χ3v) is 13.1. The lowest BCUT2D eigenvalue weighted by Crippen LogP contribution is -2.59. The van der Waals surface area contributed by atoms with Crippen LogP contribution in [0.3, 0.4) is 0 Å². The van der Waals surface area contributed by atoms with Crippen molar-refractivity contribution in [1.29, 1.82) is 0 Å². The van der Waals surface area contributed by atoms with Crippen molar-refractivity contribution in [2.24, 2.45) is 5.92 Å². The van der Waals surface area contributed by atoms with Crippen molar-refractivity contribution in [3.63, 3.8) is 0 Å². The molecule has 5 rings (SSSR count). The Hall–Kier alpha value is -2.32. The first kappa shape index (κ1) is 29.2. The van der Waals surface area contributed by atoms with Gasteiger partial charge in [0, 0.05) is 5.92 Å². The van der Waals surface area contributed by atoms with Crippen molar-refractivity contribution in [2.45, 2.75) is 89.2 Å². The molecule has 3 aromatic carbocycles. The monoisotopic (exact) mass is 560 g/mol. The zero-order chi connectivity index (χ0) is 28.2. The Labute approximate surface area is 240 Å². The molecule has 1 heterocycles. The molecule has 1 aliphatic carbocycles. The van der Waals surface area contributed by atoms with Crippen LogP contribution >= 0.6 is 0 Å². The maximum atomic E-state index is 7.07. The average Bonchev–Trinajstić information content (AvgIpc) is 3.74. The highest BCUT2D eigenvalue weighted by molar-refractivity contribution is 6.74. The Morgan fingerprint density at radius 2 is 1.10 bits per heavy atom. The summed E-state index contributed by atoms with van der Waals surface area (Å²) in [5, 5.41) is 0.0669. The standard InChI is InChI=1S/C34H44O5Si/c1-34(2,3)40(4,5)39-33-31(37-23-27-19-13-8-14-20-27)29(36-22-26-17-11-7-12-18-26)28(30-32(33)38-30)24-35-21-25-15-9-6-10-16-25/h6-20,28-33H,21-24H2,1-5H3/t28-,29-,30-,31+,32-,33+/m1/s1. The fourth-order valence-electron chi connectivity index (χ4n) is 5.22. The van der Waals surface area contributed by atoms with Crippen LogP contribution in [0, 0.1) is 5.92 Å². The van der Waals surface area contributed by atoms with Gasteiger partial charge in [-0.3, -0.25) is 0 Å². The van der Waals surface area contributed by atoms with E-state index in [0.717, 1.165) is 16.7 Å². The smallest absolute Gasteiger partial charge is 0.192 e. The number of hydrogen-bond donors (Lipinski definition) is 0. The van der Waals surface area contributed by atoms with Crippen LogP contribution in [0.5, 0.6) is 0 Å². The number of hydrogen-bond acceptors (Lipinski definition) is 5. The van der Waals surface area contributed by atoms with E-state index in [4.69, 9.17) is 23.4 Å². The molecule has 0 N–H and O–H groups in total. The van der Waals surface area contributed by atoms with E-state index in [2.05, 4.69) is 70.3 Å². The number of rotatable bonds is 12. The fraction of sp³-hybridized carbons (Fsp3) is 0.471. The predicted molar refractivity (Wildman–Crippen MR) is 160 cm³/mol. The van der Waals surface area contributed by atoms with Crippen molar-refractivity contribution < 1.29 is 23.4 Å². The van der Waals surface area contributed by atoms with E-state index in [1.54, 1.807) is 0 Å². The Morgan fingerprint density at radius 1 is 0.625 bits per heavy atom. The van der Waals surface area contributed by atoms with E-state index < -0.39 is 8.32 Å². The van der Waals surface area contributed by atoms with Crippen LogP contribution in [-0.4, -0.2) is 45.4 Å². The van der Waals surface area contributed by atoms with Crippen molar-refractivity contribution >= 4 is 8.32 Å². The largest absolute Gasteiger partial charge is 0.408 e. The van der Waals surface area contributed by atoms with Gasteiger partial charge in [0.25, 0.3) is 0 Å². The first-order valence-electron chi connectivity index (χ1n) is 14.5. The Balaban J connectivity index is 1.40. The number of epoxide rings is 1. The average molecular weight is 561 g/mol. The Morgan fingerprint density at radius 3 is 1.60 bits per heavy atom. The number of ether oxygens (including phenoxy) is 4. The highest BCUT2D eigenvalue weighted by atomic mass is 28.4. The third-order valence-electron chi connectivity index (χ3n) is 8.61. The molecule has 2 aliphatic rings. The van der Waals surface area contributed by atoms with E-state index >= 15 is 0 Å². The van der Waals surface area contributed by atoms with Gasteiger partial charge in [-0.25, -0.2) is 0 Å². The van der Waals surface area contributed by atoms with E-state index in [0.29, 0.717) is 26.4 Å². The number of benzene rings is 3. The quantitative estimate of drug-likeness (QED) is 0.174. The zero-order valence-electron chi connectivity index (χ0n) is 24.5. The summed E-state index contributed by atoms with van der Waals surface area (Å²) in [5.74, 6) is 0.0393. The second-order valence-electron chi connectivity index (χ2n) is 12.6. The highest BCUT2D eigenvalue weighted by Gasteiger charge is 2.63. The van der Waals surface area contributed by atoms with E-state index in [9.17, 15) is 0 Å². The fourth-order valence-corrected chi connectivity index (χ4v) is 6.52. The molecule has 0 radical (unpaired) electrons. The molecule has 6 heteroatoms. The summed E-state index contributed by atoms with van der Waals surface area (Å²) < 4.78 is 33.3. The SMILES string of the molecule is CC(C)(C)[Si](C)(C)O[C@H]1[C@@H](OCc2ccccc2)[C@H](OCc2ccccc2)[C@@H](COCc2ccccc2)[C@H]2O[C@@H]12. The normalized spacial score (nSPS) is 26.3. The summed E-state index contributed by atoms with van der Waals surface area (Å²) in [6, 6.07) is 31.0. The molecule has 2 fully saturated rings. The van der Waals surface area contributed by atoms with Gasteiger partial charge >= 0.3 is 0 Å². The van der Waals surface area contributed by atoms with Crippen LogP contribution in [0.25, 0.3) is 0 Å². The van der Waals surface area contributed by atoms with E-state index in [1.807, 2.05) is 54.6 Å². The summed E-state index contributed by atoms with van der Waals surface area (Å²) >= 11 is 0. The molecule has 5 nitrogen and oxygen atoms in total. The maximum Gasteiger partial charge on any atom is 0.192 e. The van der Waals surface area contributed by atoms with Crippen molar-refractivity contribution in [3.05, 3.63) is 108 Å². The van der Waals surface area contributed by atoms with E-state index in [1.165, 1.54) is 0 Å². The lowest BCUT2D eigenvalue weighted by atomic mass is 9.82. The lowest BCUT2D eigenvalue weighted by molar-refractivity contribution is -0.167. The second-order valence-corrected chi connectivity index (χ2v) is 17.4. The highest BCUT2D eigenvalue weighted by Crippen LogP contribution is 2.48. The van der Waals surface area contributed by atoms with Crippen LogP contribution < -0.4 is 0 Å². The Bertz CT molecular complexity index is 1180. The van der Waals surface area contributed by atoms with Gasteiger partial charge in [-0.15, -0.1) is 0 Å². The van der Waals surface area contributed by atoms with Crippen molar-refractivity contribution in [2.75, 3.05) is 6.61 Å². The first-order valence-corrected chi connectivity index (χ1v) is 17.4. The minimum Gasteiger partial charge on any atom is -0.408 e. The van der Waals surface area contributed by atoms with Gasteiger partial charge in [0.2, 0.25) is 0 Å². The summed E-state index contributed by atoms with van der Waals surface area (Å²) in [5.41, 5.74) is 3.42. The van der Waals surface area contributed by atoms with Crippen LogP contribution in [0.4, 0.5) is 0 Å². The summed E-state index contributed by atoms with van der Waals surface area (Å²) in [6.45, 7) is 13.5. The molecular weight excluding hydrogens is 516 g/mol. The molecule has 0 bridgehead atoms. The molecule has 214 valence electrons. The van der Waals surface area contributed by atoms with Gasteiger partial charge in [-0.05, 0) is 34.8 Å². The van der Waals surface area contributed by atoms with Gasteiger partial charge in [-0.1, -0.05) is 112 Å². The predicted octanol–water partition coefficient (Wildman–Crippen LogP) is 7.16. The molecule has 0 unspecified atom stereocenters. The summed E-state index contributed by atoms with van der Waals surface area (Å²) in [7, 11) is -2.11. The molecule has 1 saturated carbocycles. The maximum absolute atomic E-state index is 7.07. The second kappa shape index (κ2) is 12.7. The zero-order valence-corrected chi connectivity index (χ0v) is 25.5. The van der Waals surface area contributed by atoms with Crippen molar-refractivity contribution in [1.82, 2.24) is 0 Å². The molecule has 1 saturated heterocycles. The molecule has 6 atom stereocenters. The molecule has 1 aliphatic heterocycles. The van der Waals surface area contributed by atoms with Gasteiger partial charge in [0.1, 0.15) is 18.3 Å². The minimum atomic E-state index is -2.11. The lowest BCUT2D eigenvalue weighted by Gasteiger charge is -2.45. The molecule has 40 heavy (non-hydrogen) atoms. The third kappa shape index (κ3) is 7.11.